The Labute approximate surface area is 120 Å². The quantitative estimate of drug-likeness (QED) is 0.870. The highest BCUT2D eigenvalue weighted by molar-refractivity contribution is 7.16. The van der Waals surface area contributed by atoms with Crippen LogP contribution in [0.5, 0.6) is 0 Å². The Kier molecular flexibility index (Phi) is 3.70. The molecule has 1 aromatic heterocycles. The minimum absolute atomic E-state index is 0.154. The fourth-order valence-corrected chi connectivity index (χ4v) is 3.77. The third-order valence-corrected chi connectivity index (χ3v) is 4.88. The first kappa shape index (κ1) is 13.5. The molecule has 0 saturated heterocycles. The molecule has 0 aliphatic heterocycles. The van der Waals surface area contributed by atoms with E-state index < -0.39 is 11.6 Å². The SMILES string of the molecule is Nc1sc(C2CCCCC2)nc1-c1cccc(F)c1F. The Morgan fingerprint density at radius 2 is 1.90 bits per heavy atom. The number of benzene rings is 1. The van der Waals surface area contributed by atoms with E-state index in [2.05, 4.69) is 4.98 Å². The molecule has 5 heteroatoms. The number of rotatable bonds is 2. The molecule has 1 heterocycles. The molecule has 1 aliphatic carbocycles. The molecule has 1 aromatic carbocycles. The number of aromatic nitrogens is 1. The van der Waals surface area contributed by atoms with Crippen LogP contribution in [0.2, 0.25) is 0 Å². The van der Waals surface area contributed by atoms with Gasteiger partial charge in [0.1, 0.15) is 10.7 Å². The summed E-state index contributed by atoms with van der Waals surface area (Å²) in [5, 5.41) is 1.43. The highest BCUT2D eigenvalue weighted by atomic mass is 32.1. The van der Waals surface area contributed by atoms with Gasteiger partial charge in [0, 0.05) is 11.5 Å². The normalized spacial score (nSPS) is 16.5. The summed E-state index contributed by atoms with van der Waals surface area (Å²) >= 11 is 1.41. The van der Waals surface area contributed by atoms with Crippen LogP contribution in [0.25, 0.3) is 11.3 Å². The largest absolute Gasteiger partial charge is 0.389 e. The van der Waals surface area contributed by atoms with Crippen molar-refractivity contribution in [2.24, 2.45) is 0 Å². The van der Waals surface area contributed by atoms with Crippen LogP contribution >= 0.6 is 11.3 Å². The van der Waals surface area contributed by atoms with Crippen LogP contribution in [0.3, 0.4) is 0 Å². The van der Waals surface area contributed by atoms with Gasteiger partial charge < -0.3 is 5.73 Å². The first-order valence-corrected chi connectivity index (χ1v) is 7.69. The second-order valence-electron chi connectivity index (χ2n) is 5.20. The maximum Gasteiger partial charge on any atom is 0.168 e. The molecular weight excluding hydrogens is 278 g/mol. The second kappa shape index (κ2) is 5.48. The molecule has 0 spiro atoms. The maximum atomic E-state index is 13.9. The van der Waals surface area contributed by atoms with Crippen LogP contribution in [-0.4, -0.2) is 4.98 Å². The highest BCUT2D eigenvalue weighted by Gasteiger charge is 2.22. The zero-order valence-corrected chi connectivity index (χ0v) is 11.9. The van der Waals surface area contributed by atoms with Gasteiger partial charge in [0.15, 0.2) is 11.6 Å². The number of hydrogen-bond donors (Lipinski definition) is 1. The number of anilines is 1. The number of halogens is 2. The molecule has 2 aromatic rings. The summed E-state index contributed by atoms with van der Waals surface area (Å²) in [5.41, 5.74) is 6.50. The van der Waals surface area contributed by atoms with Gasteiger partial charge in [-0.05, 0) is 25.0 Å². The fourth-order valence-electron chi connectivity index (χ4n) is 2.75. The van der Waals surface area contributed by atoms with Gasteiger partial charge in [-0.2, -0.15) is 0 Å². The summed E-state index contributed by atoms with van der Waals surface area (Å²) < 4.78 is 27.2. The van der Waals surface area contributed by atoms with E-state index in [0.717, 1.165) is 23.9 Å². The van der Waals surface area contributed by atoms with E-state index in [1.165, 1.54) is 42.7 Å². The van der Waals surface area contributed by atoms with E-state index in [1.807, 2.05) is 0 Å². The molecule has 0 amide bonds. The third-order valence-electron chi connectivity index (χ3n) is 3.83. The third kappa shape index (κ3) is 2.42. The minimum Gasteiger partial charge on any atom is -0.389 e. The first-order chi connectivity index (χ1) is 9.66. The molecule has 0 unspecified atom stereocenters. The van der Waals surface area contributed by atoms with Crippen LogP contribution < -0.4 is 5.73 Å². The van der Waals surface area contributed by atoms with Crippen molar-refractivity contribution in [1.82, 2.24) is 4.98 Å². The van der Waals surface area contributed by atoms with E-state index in [1.54, 1.807) is 0 Å². The molecule has 0 bridgehead atoms. The molecular formula is C15H16F2N2S. The second-order valence-corrected chi connectivity index (χ2v) is 6.26. The predicted octanol–water partition coefficient (Wildman–Crippen LogP) is 4.72. The van der Waals surface area contributed by atoms with Crippen LogP contribution in [0.4, 0.5) is 13.8 Å². The lowest BCUT2D eigenvalue weighted by Gasteiger charge is -2.18. The summed E-state index contributed by atoms with van der Waals surface area (Å²) in [7, 11) is 0. The lowest BCUT2D eigenvalue weighted by atomic mass is 9.90. The van der Waals surface area contributed by atoms with Crippen molar-refractivity contribution < 1.29 is 8.78 Å². The van der Waals surface area contributed by atoms with E-state index in [-0.39, 0.29) is 5.56 Å². The molecule has 2 N–H and O–H groups in total. The van der Waals surface area contributed by atoms with E-state index in [0.29, 0.717) is 16.6 Å². The van der Waals surface area contributed by atoms with Gasteiger partial charge in [-0.3, -0.25) is 0 Å². The number of thiazole rings is 1. The summed E-state index contributed by atoms with van der Waals surface area (Å²) in [6.45, 7) is 0. The molecule has 3 rings (SSSR count). The van der Waals surface area contributed by atoms with Gasteiger partial charge in [-0.15, -0.1) is 11.3 Å². The Morgan fingerprint density at radius 1 is 1.15 bits per heavy atom. The van der Waals surface area contributed by atoms with E-state index >= 15 is 0 Å². The van der Waals surface area contributed by atoms with Gasteiger partial charge in [-0.25, -0.2) is 13.8 Å². The van der Waals surface area contributed by atoms with Crippen LogP contribution in [-0.2, 0) is 0 Å². The van der Waals surface area contributed by atoms with Crippen molar-refractivity contribution in [2.45, 2.75) is 38.0 Å². The Hall–Kier alpha value is -1.49. The first-order valence-electron chi connectivity index (χ1n) is 6.87. The average molecular weight is 294 g/mol. The minimum atomic E-state index is -0.875. The Balaban J connectivity index is 1.98. The van der Waals surface area contributed by atoms with Crippen molar-refractivity contribution in [3.05, 3.63) is 34.8 Å². The van der Waals surface area contributed by atoms with Crippen LogP contribution in [0.1, 0.15) is 43.0 Å². The smallest absolute Gasteiger partial charge is 0.168 e. The lowest BCUT2D eigenvalue weighted by molar-refractivity contribution is 0.442. The molecule has 106 valence electrons. The van der Waals surface area contributed by atoms with Crippen molar-refractivity contribution in [3.63, 3.8) is 0 Å². The van der Waals surface area contributed by atoms with Crippen molar-refractivity contribution in [1.29, 1.82) is 0 Å². The van der Waals surface area contributed by atoms with Crippen molar-refractivity contribution in [2.75, 3.05) is 5.73 Å². The number of hydrogen-bond acceptors (Lipinski definition) is 3. The fraction of sp³-hybridized carbons (Fsp3) is 0.400. The molecule has 2 nitrogen and oxygen atoms in total. The van der Waals surface area contributed by atoms with Crippen LogP contribution in [0, 0.1) is 11.6 Å². The van der Waals surface area contributed by atoms with Gasteiger partial charge in [-0.1, -0.05) is 25.3 Å². The van der Waals surface area contributed by atoms with Gasteiger partial charge in [0.05, 0.1) is 5.01 Å². The Bertz CT molecular complexity index is 618. The lowest BCUT2D eigenvalue weighted by Crippen LogP contribution is -2.04. The topological polar surface area (TPSA) is 38.9 Å². The number of nitrogen functional groups attached to an aromatic ring is 1. The number of nitrogens with two attached hydrogens (primary N) is 1. The summed E-state index contributed by atoms with van der Waals surface area (Å²) in [6, 6.07) is 4.10. The van der Waals surface area contributed by atoms with E-state index in [9.17, 15) is 8.78 Å². The van der Waals surface area contributed by atoms with Crippen molar-refractivity contribution >= 4 is 16.3 Å². The zero-order chi connectivity index (χ0) is 14.1. The van der Waals surface area contributed by atoms with Crippen LogP contribution in [0.15, 0.2) is 18.2 Å². The molecule has 1 saturated carbocycles. The number of nitrogens with zero attached hydrogens (tertiary/aromatic N) is 1. The van der Waals surface area contributed by atoms with Gasteiger partial charge >= 0.3 is 0 Å². The molecule has 1 fully saturated rings. The zero-order valence-electron chi connectivity index (χ0n) is 11.0. The Morgan fingerprint density at radius 3 is 2.65 bits per heavy atom. The monoisotopic (exact) mass is 294 g/mol. The molecule has 0 atom stereocenters. The van der Waals surface area contributed by atoms with E-state index in [4.69, 9.17) is 5.73 Å². The maximum absolute atomic E-state index is 13.9. The standard InChI is InChI=1S/C15H16F2N2S/c16-11-8-4-7-10(12(11)17)13-14(18)20-15(19-13)9-5-2-1-3-6-9/h4,7-9H,1-3,5-6,18H2. The molecule has 20 heavy (non-hydrogen) atoms. The highest BCUT2D eigenvalue weighted by Crippen LogP contribution is 2.40. The predicted molar refractivity (Wildman–Crippen MR) is 77.7 cm³/mol. The van der Waals surface area contributed by atoms with Crippen molar-refractivity contribution in [3.8, 4) is 11.3 Å². The average Bonchev–Trinajstić information content (AvgIpc) is 2.85. The van der Waals surface area contributed by atoms with Gasteiger partial charge in [0.25, 0.3) is 0 Å². The summed E-state index contributed by atoms with van der Waals surface area (Å²) in [6.07, 6.45) is 5.89. The molecule has 0 radical (unpaired) electrons. The molecule has 1 aliphatic rings. The van der Waals surface area contributed by atoms with Gasteiger partial charge in [0.2, 0.25) is 0 Å². The summed E-state index contributed by atoms with van der Waals surface area (Å²) in [4.78, 5) is 4.49. The summed E-state index contributed by atoms with van der Waals surface area (Å²) in [5.74, 6) is -1.32.